The van der Waals surface area contributed by atoms with E-state index in [1.165, 1.54) is 0 Å². The molecule has 0 aliphatic heterocycles. The van der Waals surface area contributed by atoms with Crippen molar-refractivity contribution in [2.45, 2.75) is 12.8 Å². The van der Waals surface area contributed by atoms with Crippen LogP contribution in [-0.4, -0.2) is 11.6 Å². The number of benzene rings is 3. The number of carbonyl (C=O) groups excluding carboxylic acids is 2. The molecule has 0 saturated heterocycles. The summed E-state index contributed by atoms with van der Waals surface area (Å²) in [4.78, 5) is 26.2. The van der Waals surface area contributed by atoms with Crippen molar-refractivity contribution in [3.63, 3.8) is 0 Å². The predicted molar refractivity (Wildman–Crippen MR) is 102 cm³/mol. The second-order valence-electron chi connectivity index (χ2n) is 7.11. The molecule has 0 N–H and O–H groups in total. The molecule has 3 aliphatic rings. The number of carbonyl (C=O) groups is 2. The van der Waals surface area contributed by atoms with Gasteiger partial charge in [-0.25, -0.2) is 0 Å². The molecule has 0 amide bonds. The summed E-state index contributed by atoms with van der Waals surface area (Å²) < 4.78 is 0. The Kier molecular flexibility index (Phi) is 2.51. The van der Waals surface area contributed by atoms with Crippen LogP contribution in [0.3, 0.4) is 0 Å². The highest BCUT2D eigenvalue weighted by Crippen LogP contribution is 2.47. The number of allylic oxidation sites excluding steroid dienone is 4. The average Bonchev–Trinajstić information content (AvgIpc) is 2.70. The Morgan fingerprint density at radius 3 is 2.12 bits per heavy atom. The molecule has 0 heterocycles. The molecule has 0 bridgehead atoms. The largest absolute Gasteiger partial charge is 0.289 e. The molecular formula is C24H14O2. The first-order valence-electron chi connectivity index (χ1n) is 8.94. The van der Waals surface area contributed by atoms with E-state index in [2.05, 4.69) is 6.08 Å². The van der Waals surface area contributed by atoms with Crippen molar-refractivity contribution in [3.8, 4) is 11.1 Å². The highest BCUT2D eigenvalue weighted by molar-refractivity contribution is 6.33. The first-order chi connectivity index (χ1) is 12.8. The van der Waals surface area contributed by atoms with E-state index in [9.17, 15) is 9.59 Å². The molecule has 0 spiro atoms. The van der Waals surface area contributed by atoms with Crippen molar-refractivity contribution in [1.29, 1.82) is 0 Å². The monoisotopic (exact) mass is 334 g/mol. The van der Waals surface area contributed by atoms with Gasteiger partial charge in [0.05, 0.1) is 0 Å². The molecule has 0 aromatic heterocycles. The standard InChI is InChI=1S/C24H14O2/c25-23-17-7-3-1-5-13(17)15-9-11-20-22-16(10-12-19(23)21(15)22)14-6-2-4-8-18(14)24(20)26/h1,3-5,7-12H,2,6H2. The number of ketones is 2. The minimum atomic E-state index is 0.0487. The van der Waals surface area contributed by atoms with E-state index in [1.807, 2.05) is 54.6 Å². The second-order valence-corrected chi connectivity index (χ2v) is 7.11. The number of fused-ring (bicyclic) bond motifs is 3. The molecule has 0 fully saturated rings. The fraction of sp³-hybridized carbons (Fsp3) is 0.0833. The highest BCUT2D eigenvalue weighted by Gasteiger charge is 2.32. The van der Waals surface area contributed by atoms with Gasteiger partial charge < -0.3 is 0 Å². The van der Waals surface area contributed by atoms with E-state index in [1.54, 1.807) is 0 Å². The van der Waals surface area contributed by atoms with Crippen LogP contribution in [0.1, 0.15) is 44.7 Å². The molecule has 122 valence electrons. The van der Waals surface area contributed by atoms with Crippen LogP contribution in [0, 0.1) is 0 Å². The van der Waals surface area contributed by atoms with Crippen LogP contribution < -0.4 is 0 Å². The SMILES string of the molecule is O=C1C2=C(CCC=C2)c2ccc3c4c(ccc1c24)-c1ccccc1C3=O. The van der Waals surface area contributed by atoms with Crippen LogP contribution in [0.25, 0.3) is 27.5 Å². The fourth-order valence-electron chi connectivity index (χ4n) is 4.71. The van der Waals surface area contributed by atoms with Crippen molar-refractivity contribution >= 4 is 27.9 Å². The van der Waals surface area contributed by atoms with Gasteiger partial charge in [0.15, 0.2) is 11.6 Å². The summed E-state index contributed by atoms with van der Waals surface area (Å²) in [5.74, 6) is 0.131. The average molecular weight is 334 g/mol. The Morgan fingerprint density at radius 1 is 0.615 bits per heavy atom. The van der Waals surface area contributed by atoms with E-state index in [-0.39, 0.29) is 11.6 Å². The van der Waals surface area contributed by atoms with E-state index in [4.69, 9.17) is 0 Å². The minimum absolute atomic E-state index is 0.0487. The Bertz CT molecular complexity index is 1250. The zero-order chi connectivity index (χ0) is 17.4. The van der Waals surface area contributed by atoms with Gasteiger partial charge in [0.2, 0.25) is 0 Å². The van der Waals surface area contributed by atoms with Crippen LogP contribution >= 0.6 is 0 Å². The summed E-state index contributed by atoms with van der Waals surface area (Å²) in [6.45, 7) is 0. The zero-order valence-electron chi connectivity index (χ0n) is 14.0. The quantitative estimate of drug-likeness (QED) is 0.434. The number of hydrogen-bond acceptors (Lipinski definition) is 2. The lowest BCUT2D eigenvalue weighted by atomic mass is 9.74. The molecule has 0 radical (unpaired) electrons. The Morgan fingerprint density at radius 2 is 1.27 bits per heavy atom. The van der Waals surface area contributed by atoms with E-state index in [0.29, 0.717) is 5.56 Å². The van der Waals surface area contributed by atoms with Crippen LogP contribution in [0.5, 0.6) is 0 Å². The third kappa shape index (κ3) is 1.53. The lowest BCUT2D eigenvalue weighted by Crippen LogP contribution is -2.17. The van der Waals surface area contributed by atoms with Gasteiger partial charge in [-0.15, -0.1) is 0 Å². The third-order valence-electron chi connectivity index (χ3n) is 5.85. The normalized spacial score (nSPS) is 16.8. The maximum absolute atomic E-state index is 13.1. The summed E-state index contributed by atoms with van der Waals surface area (Å²) in [6.07, 6.45) is 5.86. The van der Waals surface area contributed by atoms with Crippen molar-refractivity contribution in [3.05, 3.63) is 88.5 Å². The first kappa shape index (κ1) is 14.0. The van der Waals surface area contributed by atoms with Crippen LogP contribution in [0.4, 0.5) is 0 Å². The van der Waals surface area contributed by atoms with Crippen LogP contribution in [0.15, 0.2) is 66.3 Å². The molecule has 0 atom stereocenters. The summed E-state index contributed by atoms with van der Waals surface area (Å²) in [7, 11) is 0. The van der Waals surface area contributed by atoms with Gasteiger partial charge in [0, 0.05) is 33.0 Å². The van der Waals surface area contributed by atoms with Gasteiger partial charge in [-0.2, -0.15) is 0 Å². The highest BCUT2D eigenvalue weighted by atomic mass is 16.1. The Balaban J connectivity index is 1.82. The maximum Gasteiger partial charge on any atom is 0.194 e. The first-order valence-corrected chi connectivity index (χ1v) is 8.94. The van der Waals surface area contributed by atoms with Gasteiger partial charge >= 0.3 is 0 Å². The topological polar surface area (TPSA) is 34.1 Å². The van der Waals surface area contributed by atoms with Crippen molar-refractivity contribution in [1.82, 2.24) is 0 Å². The van der Waals surface area contributed by atoms with Crippen molar-refractivity contribution < 1.29 is 9.59 Å². The molecule has 3 aliphatic carbocycles. The molecule has 0 unspecified atom stereocenters. The summed E-state index contributed by atoms with van der Waals surface area (Å²) >= 11 is 0. The molecular weight excluding hydrogens is 320 g/mol. The summed E-state index contributed by atoms with van der Waals surface area (Å²) in [6, 6.07) is 15.7. The minimum Gasteiger partial charge on any atom is -0.289 e. The van der Waals surface area contributed by atoms with Crippen LogP contribution in [0.2, 0.25) is 0 Å². The molecule has 3 aromatic carbocycles. The van der Waals surface area contributed by atoms with E-state index < -0.39 is 0 Å². The molecule has 3 aromatic rings. The number of Topliss-reactive ketones (excluding diaryl/α,β-unsaturated/α-hetero) is 1. The van der Waals surface area contributed by atoms with Gasteiger partial charge in [-0.3, -0.25) is 9.59 Å². The van der Waals surface area contributed by atoms with Gasteiger partial charge in [0.1, 0.15) is 0 Å². The van der Waals surface area contributed by atoms with Crippen LogP contribution in [-0.2, 0) is 0 Å². The third-order valence-corrected chi connectivity index (χ3v) is 5.85. The second kappa shape index (κ2) is 4.67. The van der Waals surface area contributed by atoms with Crippen molar-refractivity contribution in [2.75, 3.05) is 0 Å². The number of hydrogen-bond donors (Lipinski definition) is 0. The molecule has 6 rings (SSSR count). The summed E-state index contributed by atoms with van der Waals surface area (Å²) in [5, 5.41) is 1.90. The predicted octanol–water partition coefficient (Wildman–Crippen LogP) is 5.35. The lowest BCUT2D eigenvalue weighted by Gasteiger charge is -2.28. The fourth-order valence-corrected chi connectivity index (χ4v) is 4.71. The number of rotatable bonds is 0. The smallest absolute Gasteiger partial charge is 0.194 e. The Labute approximate surface area is 150 Å². The zero-order valence-corrected chi connectivity index (χ0v) is 14.0. The maximum atomic E-state index is 13.1. The van der Waals surface area contributed by atoms with Gasteiger partial charge in [-0.05, 0) is 47.2 Å². The molecule has 26 heavy (non-hydrogen) atoms. The van der Waals surface area contributed by atoms with E-state index in [0.717, 1.165) is 62.6 Å². The van der Waals surface area contributed by atoms with E-state index >= 15 is 0 Å². The summed E-state index contributed by atoms with van der Waals surface area (Å²) in [5.41, 5.74) is 7.25. The Hall–Kier alpha value is -3.26. The van der Waals surface area contributed by atoms with Crippen molar-refractivity contribution in [2.24, 2.45) is 0 Å². The molecule has 0 saturated carbocycles. The lowest BCUT2D eigenvalue weighted by molar-refractivity contribution is 0.103. The van der Waals surface area contributed by atoms with Gasteiger partial charge in [0.25, 0.3) is 0 Å². The van der Waals surface area contributed by atoms with Gasteiger partial charge in [-0.1, -0.05) is 48.6 Å². The molecule has 2 heteroatoms. The molecule has 2 nitrogen and oxygen atoms in total.